The first kappa shape index (κ1) is 8.19. The summed E-state index contributed by atoms with van der Waals surface area (Å²) in [7, 11) is 0. The fourth-order valence-corrected chi connectivity index (χ4v) is 1.70. The maximum Gasteiger partial charge on any atom is 0.124 e. The van der Waals surface area contributed by atoms with Gasteiger partial charge in [-0.1, -0.05) is 0 Å². The third-order valence-corrected chi connectivity index (χ3v) is 2.37. The summed E-state index contributed by atoms with van der Waals surface area (Å²) < 4.78 is 13.6. The zero-order valence-electron chi connectivity index (χ0n) is 6.35. The minimum atomic E-state index is -0.737. The predicted molar refractivity (Wildman–Crippen MR) is 46.5 cm³/mol. The summed E-state index contributed by atoms with van der Waals surface area (Å²) in [6, 6.07) is 0.0475. The summed E-state index contributed by atoms with van der Waals surface area (Å²) in [6.45, 7) is 0.434. The van der Waals surface area contributed by atoms with Gasteiger partial charge in [0.25, 0.3) is 0 Å². The van der Waals surface area contributed by atoms with Crippen LogP contribution < -0.4 is 5.32 Å². The molecule has 2 atom stereocenters. The van der Waals surface area contributed by atoms with Crippen LogP contribution >= 0.6 is 15.9 Å². The molecule has 12 heavy (non-hydrogen) atoms. The molecule has 0 spiro atoms. The largest absolute Gasteiger partial charge is 0.335 e. The van der Waals surface area contributed by atoms with Crippen molar-refractivity contribution in [2.75, 3.05) is 6.54 Å². The molecular weight excluding hydrogens is 225 g/mol. The summed E-state index contributed by atoms with van der Waals surface area (Å²) in [4.78, 5) is 7.12. The lowest BCUT2D eigenvalue weighted by Gasteiger charge is -2.04. The Morgan fingerprint density at radius 2 is 2.50 bits per heavy atom. The van der Waals surface area contributed by atoms with Crippen molar-refractivity contribution in [2.45, 2.75) is 18.6 Å². The smallest absolute Gasteiger partial charge is 0.124 e. The Balaban J connectivity index is 2.11. The van der Waals surface area contributed by atoms with E-state index in [0.717, 1.165) is 10.4 Å². The molecule has 5 heteroatoms. The van der Waals surface area contributed by atoms with Crippen LogP contribution in [-0.2, 0) is 0 Å². The summed E-state index contributed by atoms with van der Waals surface area (Å²) in [5, 5.41) is 3.05. The van der Waals surface area contributed by atoms with E-state index in [2.05, 4.69) is 31.2 Å². The SMILES string of the molecule is F[C@H]1CN[C@H](c2ncc(Br)[nH]2)C1. The van der Waals surface area contributed by atoms with Gasteiger partial charge in [0.2, 0.25) is 0 Å². The Hall–Kier alpha value is -0.420. The van der Waals surface area contributed by atoms with Gasteiger partial charge in [-0.05, 0) is 15.9 Å². The van der Waals surface area contributed by atoms with E-state index in [-0.39, 0.29) is 6.04 Å². The van der Waals surface area contributed by atoms with Gasteiger partial charge in [-0.3, -0.25) is 0 Å². The van der Waals surface area contributed by atoms with E-state index in [1.807, 2.05) is 0 Å². The third-order valence-electron chi connectivity index (χ3n) is 1.97. The van der Waals surface area contributed by atoms with Gasteiger partial charge in [-0.15, -0.1) is 0 Å². The van der Waals surface area contributed by atoms with E-state index < -0.39 is 6.17 Å². The van der Waals surface area contributed by atoms with Gasteiger partial charge < -0.3 is 10.3 Å². The van der Waals surface area contributed by atoms with Crippen LogP contribution in [0.25, 0.3) is 0 Å². The molecule has 0 amide bonds. The van der Waals surface area contributed by atoms with Crippen molar-refractivity contribution < 1.29 is 4.39 Å². The molecule has 0 unspecified atom stereocenters. The molecule has 1 aliphatic heterocycles. The van der Waals surface area contributed by atoms with E-state index >= 15 is 0 Å². The van der Waals surface area contributed by atoms with Gasteiger partial charge in [0.15, 0.2) is 0 Å². The van der Waals surface area contributed by atoms with E-state index in [1.165, 1.54) is 0 Å². The quantitative estimate of drug-likeness (QED) is 0.773. The van der Waals surface area contributed by atoms with Gasteiger partial charge in [0.1, 0.15) is 16.6 Å². The van der Waals surface area contributed by atoms with Crippen molar-refractivity contribution in [2.24, 2.45) is 0 Å². The van der Waals surface area contributed by atoms with Gasteiger partial charge in [-0.2, -0.15) is 0 Å². The first-order valence-electron chi connectivity index (χ1n) is 3.83. The fraction of sp³-hybridized carbons (Fsp3) is 0.571. The van der Waals surface area contributed by atoms with Crippen LogP contribution in [0, 0.1) is 0 Å². The average Bonchev–Trinajstić information content (AvgIpc) is 2.58. The Morgan fingerprint density at radius 3 is 3.00 bits per heavy atom. The van der Waals surface area contributed by atoms with Crippen molar-refractivity contribution in [3.8, 4) is 0 Å². The van der Waals surface area contributed by atoms with Crippen LogP contribution in [0.1, 0.15) is 18.3 Å². The molecule has 0 aromatic carbocycles. The maximum absolute atomic E-state index is 12.8. The normalized spacial score (nSPS) is 29.5. The number of hydrogen-bond acceptors (Lipinski definition) is 2. The van der Waals surface area contributed by atoms with Crippen LogP contribution in [-0.4, -0.2) is 22.7 Å². The van der Waals surface area contributed by atoms with Crippen LogP contribution in [0.4, 0.5) is 4.39 Å². The minimum Gasteiger partial charge on any atom is -0.335 e. The molecule has 2 heterocycles. The first-order valence-corrected chi connectivity index (χ1v) is 4.63. The number of aromatic nitrogens is 2. The van der Waals surface area contributed by atoms with Crippen LogP contribution in [0.5, 0.6) is 0 Å². The Morgan fingerprint density at radius 1 is 1.67 bits per heavy atom. The Labute approximate surface area is 77.9 Å². The lowest BCUT2D eigenvalue weighted by Crippen LogP contribution is -2.14. The number of imidazole rings is 1. The molecule has 0 saturated carbocycles. The number of H-pyrrole nitrogens is 1. The number of alkyl halides is 1. The highest BCUT2D eigenvalue weighted by Crippen LogP contribution is 2.23. The van der Waals surface area contributed by atoms with Crippen molar-refractivity contribution in [1.29, 1.82) is 0 Å². The second kappa shape index (κ2) is 3.14. The second-order valence-corrected chi connectivity index (χ2v) is 3.76. The molecule has 1 fully saturated rings. The second-order valence-electron chi connectivity index (χ2n) is 2.91. The topological polar surface area (TPSA) is 40.7 Å². The fourth-order valence-electron chi connectivity index (χ4n) is 1.39. The molecule has 0 aliphatic carbocycles. The van der Waals surface area contributed by atoms with Crippen LogP contribution in [0.3, 0.4) is 0 Å². The number of hydrogen-bond donors (Lipinski definition) is 2. The van der Waals surface area contributed by atoms with Gasteiger partial charge >= 0.3 is 0 Å². The Bertz CT molecular complexity index is 275. The lowest BCUT2D eigenvalue weighted by molar-refractivity contribution is 0.355. The van der Waals surface area contributed by atoms with E-state index in [9.17, 15) is 4.39 Å². The summed E-state index contributed by atoms with van der Waals surface area (Å²) in [5.41, 5.74) is 0. The highest BCUT2D eigenvalue weighted by Gasteiger charge is 2.26. The third kappa shape index (κ3) is 1.51. The molecule has 0 radical (unpaired) electrons. The molecule has 1 saturated heterocycles. The molecule has 1 aromatic heterocycles. The lowest BCUT2D eigenvalue weighted by atomic mass is 10.2. The summed E-state index contributed by atoms with van der Waals surface area (Å²) in [6.07, 6.45) is 1.46. The van der Waals surface area contributed by atoms with Crippen LogP contribution in [0.2, 0.25) is 0 Å². The predicted octanol–water partition coefficient (Wildman–Crippen LogP) is 1.54. The molecule has 0 bridgehead atoms. The molecule has 66 valence electrons. The molecule has 3 nitrogen and oxygen atoms in total. The van der Waals surface area contributed by atoms with E-state index in [1.54, 1.807) is 6.20 Å². The first-order chi connectivity index (χ1) is 5.75. The van der Waals surface area contributed by atoms with Crippen molar-refractivity contribution in [3.63, 3.8) is 0 Å². The van der Waals surface area contributed by atoms with E-state index in [4.69, 9.17) is 0 Å². The maximum atomic E-state index is 12.8. The molecule has 1 aromatic rings. The Kier molecular flexibility index (Phi) is 2.14. The van der Waals surface area contributed by atoms with Gasteiger partial charge in [0, 0.05) is 13.0 Å². The summed E-state index contributed by atoms with van der Waals surface area (Å²) >= 11 is 3.25. The van der Waals surface area contributed by atoms with Crippen molar-refractivity contribution in [1.82, 2.24) is 15.3 Å². The average molecular weight is 234 g/mol. The van der Waals surface area contributed by atoms with Crippen LogP contribution in [0.15, 0.2) is 10.8 Å². The zero-order chi connectivity index (χ0) is 8.55. The summed E-state index contributed by atoms with van der Waals surface area (Å²) in [5.74, 6) is 0.807. The highest BCUT2D eigenvalue weighted by atomic mass is 79.9. The number of nitrogens with zero attached hydrogens (tertiary/aromatic N) is 1. The molecule has 2 rings (SSSR count). The van der Waals surface area contributed by atoms with Gasteiger partial charge in [-0.25, -0.2) is 9.37 Å². The zero-order valence-corrected chi connectivity index (χ0v) is 7.94. The minimum absolute atomic E-state index is 0.0475. The van der Waals surface area contributed by atoms with E-state index in [0.29, 0.717) is 13.0 Å². The number of aromatic amines is 1. The number of nitrogens with one attached hydrogen (secondary N) is 2. The standard InChI is InChI=1S/C7H9BrFN3/c8-6-3-11-7(12-6)5-1-4(9)2-10-5/h3-5,10H,1-2H2,(H,11,12)/t4-,5+/m1/s1. The number of rotatable bonds is 1. The number of halogens is 2. The van der Waals surface area contributed by atoms with Gasteiger partial charge in [0.05, 0.1) is 12.2 Å². The molecule has 2 N–H and O–H groups in total. The molecular formula is C7H9BrFN3. The monoisotopic (exact) mass is 233 g/mol. The highest BCUT2D eigenvalue weighted by molar-refractivity contribution is 9.10. The van der Waals surface area contributed by atoms with Crippen molar-refractivity contribution in [3.05, 3.63) is 16.6 Å². The molecule has 1 aliphatic rings. The van der Waals surface area contributed by atoms with Crippen molar-refractivity contribution >= 4 is 15.9 Å².